The topological polar surface area (TPSA) is 17.1 Å². The molecule has 0 aliphatic heterocycles. The zero-order valence-electron chi connectivity index (χ0n) is 18.9. The molecule has 0 spiro atoms. The minimum absolute atomic E-state index is 0.394. The molecule has 2 saturated carbocycles. The number of hydrogen-bond donors (Lipinski definition) is 0. The third-order valence-electron chi connectivity index (χ3n) is 9.57. The monoisotopic (exact) mass is 382 g/mol. The molecule has 1 heteroatoms. The Bertz CT molecular complexity index is 670. The minimum atomic E-state index is 0.394. The number of allylic oxidation sites excluding steroid dienone is 4. The summed E-state index contributed by atoms with van der Waals surface area (Å²) in [6.07, 6.45) is 20.0. The van der Waals surface area contributed by atoms with Crippen molar-refractivity contribution < 1.29 is 4.79 Å². The van der Waals surface area contributed by atoms with Crippen LogP contribution in [0.25, 0.3) is 0 Å². The summed E-state index contributed by atoms with van der Waals surface area (Å²) in [5.41, 5.74) is 4.43. The Morgan fingerprint density at radius 2 is 1.89 bits per heavy atom. The molecule has 28 heavy (non-hydrogen) atoms. The maximum Gasteiger partial charge on any atom is 0.132 e. The largest absolute Gasteiger partial charge is 0.300 e. The lowest BCUT2D eigenvalue weighted by atomic mass is 9.47. The molecule has 0 heterocycles. The molecule has 0 N–H and O–H groups in total. The molecular weight excluding hydrogens is 340 g/mol. The van der Waals surface area contributed by atoms with E-state index in [2.05, 4.69) is 39.8 Å². The van der Waals surface area contributed by atoms with Gasteiger partial charge < -0.3 is 0 Å². The van der Waals surface area contributed by atoms with Crippen LogP contribution in [0.15, 0.2) is 23.3 Å². The smallest absolute Gasteiger partial charge is 0.132 e. The van der Waals surface area contributed by atoms with E-state index < -0.39 is 0 Å². The first-order valence-corrected chi connectivity index (χ1v) is 12.3. The van der Waals surface area contributed by atoms with Crippen molar-refractivity contribution in [3.63, 3.8) is 0 Å². The summed E-state index contributed by atoms with van der Waals surface area (Å²) in [7, 11) is 0. The van der Waals surface area contributed by atoms with Gasteiger partial charge in [-0.1, -0.05) is 57.4 Å². The van der Waals surface area contributed by atoms with Gasteiger partial charge in [-0.05, 0) is 92.3 Å². The van der Waals surface area contributed by atoms with Crippen molar-refractivity contribution in [3.05, 3.63) is 23.3 Å². The Kier molecular flexibility index (Phi) is 5.66. The minimum Gasteiger partial charge on any atom is -0.300 e. The first-order chi connectivity index (χ1) is 13.4. The summed E-state index contributed by atoms with van der Waals surface area (Å²) < 4.78 is 0. The third-order valence-corrected chi connectivity index (χ3v) is 9.57. The molecule has 0 saturated heterocycles. The van der Waals surface area contributed by atoms with Gasteiger partial charge >= 0.3 is 0 Å². The number of ketones is 1. The van der Waals surface area contributed by atoms with Crippen LogP contribution in [0.4, 0.5) is 0 Å². The molecule has 0 aromatic heterocycles. The molecule has 4 aliphatic rings. The Balaban J connectivity index is 1.49. The molecule has 4 aliphatic carbocycles. The van der Waals surface area contributed by atoms with Crippen LogP contribution in [-0.2, 0) is 4.79 Å². The van der Waals surface area contributed by atoms with Crippen LogP contribution in [0.1, 0.15) is 105 Å². The van der Waals surface area contributed by atoms with Gasteiger partial charge in [0.05, 0.1) is 0 Å². The lowest BCUT2D eigenvalue weighted by Gasteiger charge is -2.57. The average molecular weight is 383 g/mol. The Hall–Kier alpha value is -0.850. The second-order valence-electron chi connectivity index (χ2n) is 11.0. The fraction of sp³-hybridized carbons (Fsp3) is 0.815. The van der Waals surface area contributed by atoms with Crippen LogP contribution in [0.5, 0.6) is 0 Å². The predicted octanol–water partition coefficient (Wildman–Crippen LogP) is 7.66. The SMILES string of the molecule is CCCC(=O)CCC(C)C1=CCC2C3CC=C4CCCCC4(C)C3CCC12C. The number of carbonyl (C=O) groups excluding carboxylic acids is 1. The highest BCUT2D eigenvalue weighted by Gasteiger charge is 2.56. The molecule has 0 bridgehead atoms. The fourth-order valence-electron chi connectivity index (χ4n) is 8.00. The zero-order valence-corrected chi connectivity index (χ0v) is 18.9. The lowest BCUT2D eigenvalue weighted by molar-refractivity contribution is -0.119. The maximum absolute atomic E-state index is 12.1. The molecule has 2 fully saturated rings. The molecule has 0 aromatic carbocycles. The van der Waals surface area contributed by atoms with E-state index in [0.29, 0.717) is 22.5 Å². The predicted molar refractivity (Wildman–Crippen MR) is 118 cm³/mol. The average Bonchev–Trinajstić information content (AvgIpc) is 3.03. The van der Waals surface area contributed by atoms with Crippen LogP contribution in [0.3, 0.4) is 0 Å². The van der Waals surface area contributed by atoms with Gasteiger partial charge in [-0.25, -0.2) is 0 Å². The Morgan fingerprint density at radius 1 is 1.07 bits per heavy atom. The maximum atomic E-state index is 12.1. The fourth-order valence-corrected chi connectivity index (χ4v) is 8.00. The number of hydrogen-bond acceptors (Lipinski definition) is 1. The van der Waals surface area contributed by atoms with Crippen LogP contribution in [0.2, 0.25) is 0 Å². The van der Waals surface area contributed by atoms with Gasteiger partial charge in [-0.2, -0.15) is 0 Å². The molecule has 6 atom stereocenters. The molecule has 0 aromatic rings. The summed E-state index contributed by atoms with van der Waals surface area (Å²) in [6, 6.07) is 0. The summed E-state index contributed by atoms with van der Waals surface area (Å²) in [5.74, 6) is 3.68. The van der Waals surface area contributed by atoms with Gasteiger partial charge in [0.25, 0.3) is 0 Å². The molecular formula is C27H42O. The number of rotatable bonds is 6. The van der Waals surface area contributed by atoms with Crippen molar-refractivity contribution in [3.8, 4) is 0 Å². The van der Waals surface area contributed by atoms with Gasteiger partial charge in [0.15, 0.2) is 0 Å². The van der Waals surface area contributed by atoms with Crippen molar-refractivity contribution in [1.29, 1.82) is 0 Å². The van der Waals surface area contributed by atoms with Gasteiger partial charge in [0, 0.05) is 12.8 Å². The highest BCUT2D eigenvalue weighted by Crippen LogP contribution is 2.65. The van der Waals surface area contributed by atoms with Crippen LogP contribution >= 0.6 is 0 Å². The van der Waals surface area contributed by atoms with E-state index in [-0.39, 0.29) is 0 Å². The van der Waals surface area contributed by atoms with Crippen molar-refractivity contribution in [2.24, 2.45) is 34.5 Å². The van der Waals surface area contributed by atoms with Crippen molar-refractivity contribution in [2.45, 2.75) is 105 Å². The molecule has 1 nitrogen and oxygen atoms in total. The van der Waals surface area contributed by atoms with Crippen molar-refractivity contribution in [2.75, 3.05) is 0 Å². The Morgan fingerprint density at radius 3 is 2.68 bits per heavy atom. The second kappa shape index (κ2) is 7.77. The molecule has 0 amide bonds. The number of fused-ring (bicyclic) bond motifs is 5. The third kappa shape index (κ3) is 3.25. The van der Waals surface area contributed by atoms with Gasteiger partial charge in [0.1, 0.15) is 5.78 Å². The second-order valence-corrected chi connectivity index (χ2v) is 11.0. The number of Topliss-reactive ketones (excluding diaryl/α,β-unsaturated/α-hetero) is 1. The van der Waals surface area contributed by atoms with Gasteiger partial charge in [-0.15, -0.1) is 0 Å². The van der Waals surface area contributed by atoms with Crippen LogP contribution < -0.4 is 0 Å². The van der Waals surface area contributed by atoms with Crippen molar-refractivity contribution >= 4 is 5.78 Å². The van der Waals surface area contributed by atoms with E-state index in [0.717, 1.165) is 43.4 Å². The summed E-state index contributed by atoms with van der Waals surface area (Å²) in [5, 5.41) is 0. The summed E-state index contributed by atoms with van der Waals surface area (Å²) in [4.78, 5) is 12.1. The first-order valence-electron chi connectivity index (χ1n) is 12.3. The molecule has 0 radical (unpaired) electrons. The normalized spacial score (nSPS) is 40.6. The van der Waals surface area contributed by atoms with E-state index in [1.54, 1.807) is 5.57 Å². The standard InChI is InChI=1S/C27H42O/c1-5-8-21(28)12-10-19(2)23-14-15-24-22-13-11-20-9-6-7-17-26(20,3)25(22)16-18-27(23,24)4/h11,14,19,22,24-25H,5-10,12-13,15-18H2,1-4H3. The van der Waals surface area contributed by atoms with Crippen LogP contribution in [-0.4, -0.2) is 5.78 Å². The quantitative estimate of drug-likeness (QED) is 0.431. The highest BCUT2D eigenvalue weighted by molar-refractivity contribution is 5.78. The Labute approximate surface area is 173 Å². The zero-order chi connectivity index (χ0) is 19.9. The van der Waals surface area contributed by atoms with Crippen molar-refractivity contribution in [1.82, 2.24) is 0 Å². The van der Waals surface area contributed by atoms with E-state index in [1.807, 2.05) is 5.57 Å². The van der Waals surface area contributed by atoms with E-state index in [4.69, 9.17) is 0 Å². The van der Waals surface area contributed by atoms with Crippen LogP contribution in [0, 0.1) is 34.5 Å². The van der Waals surface area contributed by atoms with E-state index in [1.165, 1.54) is 51.4 Å². The number of carbonyl (C=O) groups is 1. The highest BCUT2D eigenvalue weighted by atomic mass is 16.1. The summed E-state index contributed by atoms with van der Waals surface area (Å²) in [6.45, 7) is 9.70. The molecule has 6 unspecified atom stereocenters. The van der Waals surface area contributed by atoms with E-state index >= 15 is 0 Å². The van der Waals surface area contributed by atoms with Gasteiger partial charge in [0.2, 0.25) is 0 Å². The summed E-state index contributed by atoms with van der Waals surface area (Å²) >= 11 is 0. The molecule has 4 rings (SSSR count). The lowest BCUT2D eigenvalue weighted by Crippen LogP contribution is -2.49. The van der Waals surface area contributed by atoms with Gasteiger partial charge in [-0.3, -0.25) is 4.79 Å². The first kappa shape index (κ1) is 20.4. The van der Waals surface area contributed by atoms with E-state index in [9.17, 15) is 4.79 Å². The molecule has 156 valence electrons.